The molecule has 2 N–H and O–H groups in total. The minimum atomic E-state index is -4.32. The number of hydrogen-bond acceptors (Lipinski definition) is 7. The predicted octanol–water partition coefficient (Wildman–Crippen LogP) is 2.57. The number of nitrogens with zero attached hydrogens (tertiary/aromatic N) is 3. The number of rotatable bonds is 9. The third kappa shape index (κ3) is 5.69. The van der Waals surface area contributed by atoms with E-state index in [9.17, 15) is 31.1 Å². The molecule has 2 heterocycles. The molecule has 1 amide bonds. The van der Waals surface area contributed by atoms with E-state index in [-0.39, 0.29) is 52.7 Å². The Morgan fingerprint density at radius 2 is 1.80 bits per heavy atom. The highest BCUT2D eigenvalue weighted by Crippen LogP contribution is 2.41. The van der Waals surface area contributed by atoms with Crippen LogP contribution in [0.25, 0.3) is 0 Å². The standard InChI is InChI=1S/C27H33FN4O6S2/c1-27(2,3)25-23(33)21(26(34)32(25)15-17-9-11-19(28)12-10-17)22-20-8-6-7-18(24(20)40(37,38)30-22)16-31(14-13-29-4)39(5,35)36/h6-12,25,29,33H,13-16H2,1-5H3/t25-/m1/s1. The first kappa shape index (κ1) is 29.8. The molecule has 40 heavy (non-hydrogen) atoms. The van der Waals surface area contributed by atoms with E-state index in [2.05, 4.69) is 9.71 Å². The number of aliphatic hydroxyl groups excluding tert-OH is 1. The Bertz CT molecular complexity index is 1610. The van der Waals surface area contributed by atoms with Gasteiger partial charge in [-0.2, -0.15) is 17.1 Å². The fourth-order valence-corrected chi connectivity index (χ4v) is 7.31. The maximum atomic E-state index is 13.8. The van der Waals surface area contributed by atoms with E-state index >= 15 is 0 Å². The molecule has 0 aliphatic carbocycles. The van der Waals surface area contributed by atoms with Crippen molar-refractivity contribution < 1.29 is 31.1 Å². The normalized spacial score (nSPS) is 19.0. The molecule has 216 valence electrons. The van der Waals surface area contributed by atoms with E-state index in [1.165, 1.54) is 41.3 Å². The number of carbonyl (C=O) groups excluding carboxylic acids is 1. The molecule has 0 bridgehead atoms. The Kier molecular flexibility index (Phi) is 7.98. The number of aliphatic hydroxyl groups is 1. The van der Waals surface area contributed by atoms with Crippen molar-refractivity contribution in [2.24, 2.45) is 9.81 Å². The molecule has 2 aromatic rings. The molecule has 2 aliphatic rings. The summed E-state index contributed by atoms with van der Waals surface area (Å²) >= 11 is 0. The Morgan fingerprint density at radius 3 is 2.38 bits per heavy atom. The molecule has 1 atom stereocenters. The van der Waals surface area contributed by atoms with Gasteiger partial charge in [0.2, 0.25) is 10.0 Å². The summed E-state index contributed by atoms with van der Waals surface area (Å²) in [6.07, 6.45) is 1.05. The molecular formula is C27H33FN4O6S2. The van der Waals surface area contributed by atoms with Gasteiger partial charge in [0.05, 0.1) is 12.3 Å². The summed E-state index contributed by atoms with van der Waals surface area (Å²) in [5, 5.41) is 14.3. The molecule has 2 aliphatic heterocycles. The first-order valence-corrected chi connectivity index (χ1v) is 15.9. The topological polar surface area (TPSA) is 136 Å². The first-order chi connectivity index (χ1) is 18.6. The van der Waals surface area contributed by atoms with Crippen LogP contribution in [0, 0.1) is 11.2 Å². The zero-order valence-corrected chi connectivity index (χ0v) is 24.6. The van der Waals surface area contributed by atoms with Gasteiger partial charge in [-0.3, -0.25) is 4.79 Å². The van der Waals surface area contributed by atoms with Gasteiger partial charge in [-0.15, -0.1) is 0 Å². The van der Waals surface area contributed by atoms with Gasteiger partial charge in [-0.05, 0) is 35.7 Å². The van der Waals surface area contributed by atoms with Crippen LogP contribution in [-0.2, 0) is 37.9 Å². The second-order valence-corrected chi connectivity index (χ2v) is 14.5. The van der Waals surface area contributed by atoms with Crippen molar-refractivity contribution in [3.8, 4) is 0 Å². The Morgan fingerprint density at radius 1 is 1.15 bits per heavy atom. The van der Waals surface area contributed by atoms with Gasteiger partial charge in [0.15, 0.2) is 0 Å². The molecule has 10 nitrogen and oxygen atoms in total. The van der Waals surface area contributed by atoms with Gasteiger partial charge in [0.25, 0.3) is 15.9 Å². The largest absolute Gasteiger partial charge is 0.509 e. The fourth-order valence-electron chi connectivity index (χ4n) is 5.09. The van der Waals surface area contributed by atoms with Crippen LogP contribution in [0.3, 0.4) is 0 Å². The van der Waals surface area contributed by atoms with Crippen LogP contribution >= 0.6 is 0 Å². The lowest BCUT2D eigenvalue weighted by Gasteiger charge is -2.35. The van der Waals surface area contributed by atoms with Crippen LogP contribution in [-0.4, -0.2) is 75.2 Å². The molecule has 13 heteroatoms. The average molecular weight is 593 g/mol. The lowest BCUT2D eigenvalue weighted by Crippen LogP contribution is -2.43. The number of benzene rings is 2. The van der Waals surface area contributed by atoms with Crippen LogP contribution in [0.1, 0.15) is 37.5 Å². The summed E-state index contributed by atoms with van der Waals surface area (Å²) in [6, 6.07) is 9.39. The predicted molar refractivity (Wildman–Crippen MR) is 149 cm³/mol. The van der Waals surface area contributed by atoms with E-state index in [0.717, 1.165) is 10.6 Å². The maximum absolute atomic E-state index is 13.8. The first-order valence-electron chi connectivity index (χ1n) is 12.6. The van der Waals surface area contributed by atoms with E-state index in [4.69, 9.17) is 0 Å². The summed E-state index contributed by atoms with van der Waals surface area (Å²) in [7, 11) is -6.32. The monoisotopic (exact) mass is 592 g/mol. The molecule has 0 radical (unpaired) electrons. The highest BCUT2D eigenvalue weighted by atomic mass is 32.2. The lowest BCUT2D eigenvalue weighted by atomic mass is 9.84. The molecule has 0 spiro atoms. The maximum Gasteiger partial charge on any atom is 0.283 e. The second-order valence-electron chi connectivity index (χ2n) is 11.0. The molecule has 0 unspecified atom stereocenters. The van der Waals surface area contributed by atoms with Crippen LogP contribution in [0.4, 0.5) is 4.39 Å². The summed E-state index contributed by atoms with van der Waals surface area (Å²) in [4.78, 5) is 15.1. The van der Waals surface area contributed by atoms with E-state index in [0.29, 0.717) is 12.1 Å². The van der Waals surface area contributed by atoms with Crippen molar-refractivity contribution in [3.63, 3.8) is 0 Å². The number of sulfonamides is 2. The number of likely N-dealkylation sites (N-methyl/N-ethyl adjacent to an activating group) is 1. The Balaban J connectivity index is 1.79. The van der Waals surface area contributed by atoms with Crippen LogP contribution in [0.2, 0.25) is 0 Å². The highest BCUT2D eigenvalue weighted by molar-refractivity contribution is 7.91. The highest BCUT2D eigenvalue weighted by Gasteiger charge is 2.49. The molecule has 0 saturated carbocycles. The summed E-state index contributed by atoms with van der Waals surface area (Å²) in [6.45, 7) is 5.82. The molecule has 0 fully saturated rings. The molecule has 2 aromatic carbocycles. The summed E-state index contributed by atoms with van der Waals surface area (Å²) in [5.74, 6) is -1.34. The van der Waals surface area contributed by atoms with Gasteiger partial charge in [-0.1, -0.05) is 51.1 Å². The van der Waals surface area contributed by atoms with E-state index in [1.807, 2.05) is 20.8 Å². The van der Waals surface area contributed by atoms with Crippen molar-refractivity contribution in [1.82, 2.24) is 14.5 Å². The van der Waals surface area contributed by atoms with Crippen molar-refractivity contribution in [3.05, 3.63) is 76.3 Å². The zero-order valence-electron chi connectivity index (χ0n) is 23.0. The Hall–Kier alpha value is -3.13. The number of nitrogens with one attached hydrogen (secondary N) is 1. The minimum absolute atomic E-state index is 0.0519. The molecule has 0 aromatic heterocycles. The molecule has 4 rings (SSSR count). The lowest BCUT2D eigenvalue weighted by molar-refractivity contribution is -0.129. The minimum Gasteiger partial charge on any atom is -0.509 e. The van der Waals surface area contributed by atoms with Crippen molar-refractivity contribution in [1.29, 1.82) is 0 Å². The van der Waals surface area contributed by atoms with Gasteiger partial charge >= 0.3 is 0 Å². The van der Waals surface area contributed by atoms with Crippen molar-refractivity contribution >= 4 is 31.7 Å². The smallest absolute Gasteiger partial charge is 0.283 e. The number of hydrogen-bond donors (Lipinski definition) is 2. The van der Waals surface area contributed by atoms with Gasteiger partial charge < -0.3 is 15.3 Å². The third-order valence-corrected chi connectivity index (χ3v) is 9.54. The Labute approximate surface area is 234 Å². The molecule has 0 saturated heterocycles. The van der Waals surface area contributed by atoms with Gasteiger partial charge in [-0.25, -0.2) is 12.8 Å². The van der Waals surface area contributed by atoms with Gasteiger partial charge in [0.1, 0.15) is 27.8 Å². The SMILES string of the molecule is CNCCN(Cc1cccc2c1S(=O)(=O)N=C2C1=C(O)[C@H](C(C)(C)C)N(Cc2ccc(F)cc2)C1=O)S(C)(=O)=O. The number of amides is 1. The van der Waals surface area contributed by atoms with E-state index < -0.39 is 43.2 Å². The number of fused-ring (bicyclic) bond motifs is 1. The van der Waals surface area contributed by atoms with Crippen molar-refractivity contribution in [2.75, 3.05) is 26.4 Å². The van der Waals surface area contributed by atoms with E-state index in [1.54, 1.807) is 13.1 Å². The third-order valence-electron chi connectivity index (χ3n) is 6.87. The second kappa shape index (κ2) is 10.7. The average Bonchev–Trinajstić information content (AvgIpc) is 3.26. The number of halogens is 1. The van der Waals surface area contributed by atoms with Crippen LogP contribution in [0.15, 0.2) is 63.1 Å². The zero-order chi connectivity index (χ0) is 29.6. The number of carbonyl (C=O) groups is 1. The summed E-state index contributed by atoms with van der Waals surface area (Å²) in [5.41, 5.74) is -0.102. The van der Waals surface area contributed by atoms with Crippen LogP contribution < -0.4 is 5.32 Å². The molecular weight excluding hydrogens is 559 g/mol. The fraction of sp³-hybridized carbons (Fsp3) is 0.407. The summed E-state index contributed by atoms with van der Waals surface area (Å²) < 4.78 is 70.1. The van der Waals surface area contributed by atoms with Gasteiger partial charge in [0, 0.05) is 31.7 Å². The van der Waals surface area contributed by atoms with Crippen LogP contribution in [0.5, 0.6) is 0 Å². The quantitative estimate of drug-likeness (QED) is 0.457. The van der Waals surface area contributed by atoms with Crippen molar-refractivity contribution in [2.45, 2.75) is 44.8 Å².